The van der Waals surface area contributed by atoms with Crippen molar-refractivity contribution in [2.45, 2.75) is 12.5 Å². The molecule has 1 saturated heterocycles. The Bertz CT molecular complexity index is 434. The third-order valence-corrected chi connectivity index (χ3v) is 3.38. The molecule has 2 heterocycles. The quantitative estimate of drug-likeness (QED) is 0.748. The van der Waals surface area contributed by atoms with E-state index in [0.29, 0.717) is 11.6 Å². The van der Waals surface area contributed by atoms with Crippen LogP contribution in [0.25, 0.3) is 0 Å². The second-order valence-electron chi connectivity index (χ2n) is 4.75. The number of esters is 1. The van der Waals surface area contributed by atoms with Gasteiger partial charge in [-0.05, 0) is 32.6 Å². The van der Waals surface area contributed by atoms with Crippen LogP contribution >= 0.6 is 0 Å². The van der Waals surface area contributed by atoms with Crippen LogP contribution in [0.5, 0.6) is 0 Å². The molecule has 0 spiro atoms. The summed E-state index contributed by atoms with van der Waals surface area (Å²) in [6.45, 7) is 1.92. The lowest BCUT2D eigenvalue weighted by atomic mass is 10.2. The molecule has 0 aromatic carbocycles. The molecular weight excluding hydrogens is 230 g/mol. The number of ether oxygens (including phenoxy) is 1. The molecule has 0 saturated carbocycles. The van der Waals surface area contributed by atoms with Crippen molar-refractivity contribution >= 4 is 11.8 Å². The highest BCUT2D eigenvalue weighted by Gasteiger charge is 2.25. The van der Waals surface area contributed by atoms with Crippen LogP contribution < -0.4 is 4.90 Å². The number of rotatable bonds is 3. The van der Waals surface area contributed by atoms with E-state index in [9.17, 15) is 4.79 Å². The zero-order valence-electron chi connectivity index (χ0n) is 11.1. The third kappa shape index (κ3) is 2.61. The van der Waals surface area contributed by atoms with Gasteiger partial charge in [-0.1, -0.05) is 0 Å². The molecule has 1 atom stereocenters. The summed E-state index contributed by atoms with van der Waals surface area (Å²) in [5.41, 5.74) is 0.552. The van der Waals surface area contributed by atoms with Crippen molar-refractivity contribution in [3.63, 3.8) is 0 Å². The van der Waals surface area contributed by atoms with Crippen molar-refractivity contribution in [2.75, 3.05) is 39.2 Å². The molecule has 18 heavy (non-hydrogen) atoms. The summed E-state index contributed by atoms with van der Waals surface area (Å²) in [7, 11) is 5.57. The third-order valence-electron chi connectivity index (χ3n) is 3.38. The molecule has 0 radical (unpaired) electrons. The number of methoxy groups -OCH3 is 1. The molecule has 98 valence electrons. The van der Waals surface area contributed by atoms with Gasteiger partial charge in [-0.15, -0.1) is 0 Å². The standard InChI is InChI=1S/C13H19N3O2/c1-15(2)11-5-7-16(9-11)12-8-10(4-6-14-12)13(17)18-3/h4,6,8,11H,5,7,9H2,1-3H3. The maximum absolute atomic E-state index is 11.5. The Kier molecular flexibility index (Phi) is 3.81. The molecule has 2 rings (SSSR count). The molecule has 5 heteroatoms. The number of carbonyl (C=O) groups excluding carboxylic acids is 1. The molecule has 0 N–H and O–H groups in total. The molecule has 0 aliphatic carbocycles. The molecule has 1 aliphatic heterocycles. The molecule has 1 aliphatic rings. The number of pyridine rings is 1. The largest absolute Gasteiger partial charge is 0.465 e. The molecule has 1 aromatic heterocycles. The van der Waals surface area contributed by atoms with E-state index in [0.717, 1.165) is 25.3 Å². The lowest BCUT2D eigenvalue weighted by Crippen LogP contribution is -2.31. The normalized spacial score (nSPS) is 19.3. The van der Waals surface area contributed by atoms with E-state index in [1.165, 1.54) is 7.11 Å². The second kappa shape index (κ2) is 5.35. The SMILES string of the molecule is COC(=O)c1ccnc(N2CCC(N(C)C)C2)c1. The first kappa shape index (κ1) is 12.8. The van der Waals surface area contributed by atoms with Gasteiger partial charge in [0.05, 0.1) is 12.7 Å². The maximum Gasteiger partial charge on any atom is 0.338 e. The summed E-state index contributed by atoms with van der Waals surface area (Å²) in [6, 6.07) is 4.02. The van der Waals surface area contributed by atoms with E-state index in [1.807, 2.05) is 0 Å². The fraction of sp³-hybridized carbons (Fsp3) is 0.538. The van der Waals surface area contributed by atoms with Gasteiger partial charge in [-0.3, -0.25) is 0 Å². The fourth-order valence-electron chi connectivity index (χ4n) is 2.21. The Labute approximate surface area is 107 Å². The van der Waals surface area contributed by atoms with Crippen LogP contribution in [0.2, 0.25) is 0 Å². The zero-order valence-corrected chi connectivity index (χ0v) is 11.1. The lowest BCUT2D eigenvalue weighted by molar-refractivity contribution is 0.0600. The van der Waals surface area contributed by atoms with Gasteiger partial charge in [0.2, 0.25) is 0 Å². The molecule has 0 bridgehead atoms. The summed E-state index contributed by atoms with van der Waals surface area (Å²) in [4.78, 5) is 20.2. The first-order chi connectivity index (χ1) is 8.61. The number of carbonyl (C=O) groups is 1. The van der Waals surface area contributed by atoms with E-state index in [2.05, 4.69) is 28.9 Å². The Morgan fingerprint density at radius 2 is 2.33 bits per heavy atom. The van der Waals surface area contributed by atoms with E-state index in [-0.39, 0.29) is 5.97 Å². The van der Waals surface area contributed by atoms with Gasteiger partial charge in [0.15, 0.2) is 0 Å². The van der Waals surface area contributed by atoms with Gasteiger partial charge in [-0.25, -0.2) is 9.78 Å². The van der Waals surface area contributed by atoms with Gasteiger partial charge >= 0.3 is 5.97 Å². The average Bonchev–Trinajstić information content (AvgIpc) is 2.88. The highest BCUT2D eigenvalue weighted by Crippen LogP contribution is 2.21. The van der Waals surface area contributed by atoms with Gasteiger partial charge in [-0.2, -0.15) is 0 Å². The van der Waals surface area contributed by atoms with Crippen LogP contribution in [0.15, 0.2) is 18.3 Å². The van der Waals surface area contributed by atoms with Crippen LogP contribution in [0.3, 0.4) is 0 Å². The first-order valence-electron chi connectivity index (χ1n) is 6.07. The van der Waals surface area contributed by atoms with Crippen molar-refractivity contribution in [1.82, 2.24) is 9.88 Å². The number of anilines is 1. The Balaban J connectivity index is 2.12. The van der Waals surface area contributed by atoms with Crippen molar-refractivity contribution in [3.8, 4) is 0 Å². The Morgan fingerprint density at radius 3 is 2.94 bits per heavy atom. The maximum atomic E-state index is 11.5. The van der Waals surface area contributed by atoms with E-state index in [1.54, 1.807) is 18.3 Å². The van der Waals surface area contributed by atoms with E-state index < -0.39 is 0 Å². The molecular formula is C13H19N3O2. The predicted molar refractivity (Wildman–Crippen MR) is 69.9 cm³/mol. The van der Waals surface area contributed by atoms with Crippen LogP contribution in [0.1, 0.15) is 16.8 Å². The summed E-state index contributed by atoms with van der Waals surface area (Å²) in [5, 5.41) is 0. The van der Waals surface area contributed by atoms with Crippen LogP contribution in [-0.2, 0) is 4.74 Å². The lowest BCUT2D eigenvalue weighted by Gasteiger charge is -2.21. The van der Waals surface area contributed by atoms with Crippen LogP contribution in [0, 0.1) is 0 Å². The van der Waals surface area contributed by atoms with Gasteiger partial charge in [0.1, 0.15) is 5.82 Å². The molecule has 1 unspecified atom stereocenters. The number of likely N-dealkylation sites (N-methyl/N-ethyl adjacent to an activating group) is 1. The monoisotopic (exact) mass is 249 g/mol. The van der Waals surface area contributed by atoms with Crippen molar-refractivity contribution < 1.29 is 9.53 Å². The topological polar surface area (TPSA) is 45.7 Å². The molecule has 0 amide bonds. The number of aromatic nitrogens is 1. The van der Waals surface area contributed by atoms with Crippen LogP contribution in [0.4, 0.5) is 5.82 Å². The number of nitrogens with zero attached hydrogens (tertiary/aromatic N) is 3. The minimum absolute atomic E-state index is 0.318. The van der Waals surface area contributed by atoms with Gasteiger partial charge < -0.3 is 14.5 Å². The van der Waals surface area contributed by atoms with E-state index in [4.69, 9.17) is 4.74 Å². The van der Waals surface area contributed by atoms with Crippen LogP contribution in [-0.4, -0.2) is 56.2 Å². The predicted octanol–water partition coefficient (Wildman–Crippen LogP) is 1.01. The van der Waals surface area contributed by atoms with Gasteiger partial charge in [0.25, 0.3) is 0 Å². The highest BCUT2D eigenvalue weighted by atomic mass is 16.5. The second-order valence-corrected chi connectivity index (χ2v) is 4.75. The van der Waals surface area contributed by atoms with Crippen molar-refractivity contribution in [1.29, 1.82) is 0 Å². The smallest absolute Gasteiger partial charge is 0.338 e. The zero-order chi connectivity index (χ0) is 13.1. The summed E-state index contributed by atoms with van der Waals surface area (Å²) < 4.78 is 4.72. The van der Waals surface area contributed by atoms with Crippen molar-refractivity contribution in [2.24, 2.45) is 0 Å². The summed E-state index contributed by atoms with van der Waals surface area (Å²) in [5.74, 6) is 0.532. The summed E-state index contributed by atoms with van der Waals surface area (Å²) >= 11 is 0. The molecule has 1 aromatic rings. The average molecular weight is 249 g/mol. The minimum Gasteiger partial charge on any atom is -0.465 e. The molecule has 5 nitrogen and oxygen atoms in total. The number of hydrogen-bond donors (Lipinski definition) is 0. The fourth-order valence-corrected chi connectivity index (χ4v) is 2.21. The minimum atomic E-state index is -0.318. The van der Waals surface area contributed by atoms with Crippen molar-refractivity contribution in [3.05, 3.63) is 23.9 Å². The molecule has 1 fully saturated rings. The Morgan fingerprint density at radius 1 is 1.56 bits per heavy atom. The van der Waals surface area contributed by atoms with E-state index >= 15 is 0 Å². The highest BCUT2D eigenvalue weighted by molar-refractivity contribution is 5.90. The Hall–Kier alpha value is -1.62. The summed E-state index contributed by atoms with van der Waals surface area (Å²) in [6.07, 6.45) is 2.78. The number of hydrogen-bond acceptors (Lipinski definition) is 5. The van der Waals surface area contributed by atoms with Gasteiger partial charge in [0, 0.05) is 25.3 Å². The first-order valence-corrected chi connectivity index (χ1v) is 6.07.